The minimum absolute atomic E-state index is 0. The van der Waals surface area contributed by atoms with Crippen LogP contribution in [0.5, 0.6) is 0 Å². The van der Waals surface area contributed by atoms with Crippen molar-refractivity contribution in [1.29, 1.82) is 0 Å². The van der Waals surface area contributed by atoms with Crippen LogP contribution in [0, 0.1) is 107 Å². The second-order valence-electron chi connectivity index (χ2n) is 31.7. The molecule has 8 aliphatic heterocycles. The number of anilines is 20. The molecule has 14 aromatic carbocycles. The molecule has 0 saturated heterocycles. The van der Waals surface area contributed by atoms with Crippen LogP contribution in [0.2, 0.25) is 0 Å². The number of hydrazone groups is 4. The predicted octanol–water partition coefficient (Wildman–Crippen LogP) is 23.9. The van der Waals surface area contributed by atoms with Gasteiger partial charge < -0.3 is 78.8 Å². The molecular weight excluding hydrogens is 2440 g/mol. The van der Waals surface area contributed by atoms with E-state index in [2.05, 4.69) is 198 Å². The third-order valence-corrected chi connectivity index (χ3v) is 23.2. The van der Waals surface area contributed by atoms with Gasteiger partial charge in [-0.05, 0) is 158 Å². The molecule has 0 fully saturated rings. The maximum absolute atomic E-state index is 15.0. The minimum atomic E-state index is -0.760. The van der Waals surface area contributed by atoms with Gasteiger partial charge in [-0.2, -0.15) is 53.1 Å². The molecule has 0 saturated carbocycles. The van der Waals surface area contributed by atoms with E-state index in [9.17, 15) is 17.6 Å². The summed E-state index contributed by atoms with van der Waals surface area (Å²) in [5.41, 5.74) is 18.6. The van der Waals surface area contributed by atoms with E-state index in [1.54, 1.807) is 59.1 Å². The van der Waals surface area contributed by atoms with Crippen LogP contribution >= 0.6 is 0 Å². The minimum Gasteiger partial charge on any atom is -0.505 e. The number of halogens is 4. The van der Waals surface area contributed by atoms with Gasteiger partial charge in [0.05, 0.1) is 37.6 Å². The molecule has 16 aromatic rings. The molecule has 23 nitrogen and oxygen atoms in total. The summed E-state index contributed by atoms with van der Waals surface area (Å²) in [5, 5.41) is 28.7. The molecule has 2 aromatic heterocycles. The van der Waals surface area contributed by atoms with E-state index < -0.39 is 23.3 Å². The molecule has 0 spiro atoms. The summed E-state index contributed by atoms with van der Waals surface area (Å²) in [6.07, 6.45) is 9.35. The van der Waals surface area contributed by atoms with E-state index in [1.807, 2.05) is 253 Å². The smallest absolute Gasteiger partial charge is 0.124 e. The van der Waals surface area contributed by atoms with Gasteiger partial charge in [0.2, 0.25) is 0 Å². The van der Waals surface area contributed by atoms with Gasteiger partial charge in [0.15, 0.2) is 0 Å². The van der Waals surface area contributed by atoms with Gasteiger partial charge in [-0.25, -0.2) is 9.97 Å². The van der Waals surface area contributed by atoms with Crippen molar-refractivity contribution in [1.82, 2.24) is 9.97 Å². The van der Waals surface area contributed by atoms with Crippen molar-refractivity contribution in [2.24, 2.45) is 20.4 Å². The molecule has 24 rings (SSSR count). The van der Waals surface area contributed by atoms with Gasteiger partial charge in [-0.1, -0.05) is 205 Å². The topological polar surface area (TPSA) is 131 Å². The molecule has 0 aliphatic carbocycles. The van der Waals surface area contributed by atoms with Crippen molar-refractivity contribution >= 4 is 167 Å². The first-order valence-electron chi connectivity index (χ1n) is 42.7. The van der Waals surface area contributed by atoms with Gasteiger partial charge in [0, 0.05) is 182 Å². The molecule has 0 radical (unpaired) electrons. The third-order valence-electron chi connectivity index (χ3n) is 23.2. The number of fused-ring (bicyclic) bond motifs is 2. The maximum atomic E-state index is 15.0. The fraction of sp³-hybridized carbons (Fsp3) is 0.0374. The molecule has 0 unspecified atom stereocenters. The Hall–Kier alpha value is -14.9. The largest absolute Gasteiger partial charge is 0.505 e. The molecular formula is C107H77F4N23Os4-12. The molecule has 692 valence electrons. The zero-order chi connectivity index (χ0) is 91.0. The van der Waals surface area contributed by atoms with Crippen LogP contribution < -0.4 is 78.8 Å². The van der Waals surface area contributed by atoms with Crippen molar-refractivity contribution in [3.8, 4) is 22.3 Å². The van der Waals surface area contributed by atoms with Crippen LogP contribution in [0.4, 0.5) is 137 Å². The fourth-order valence-electron chi connectivity index (χ4n) is 16.7. The van der Waals surface area contributed by atoms with E-state index in [-0.39, 0.29) is 102 Å². The van der Waals surface area contributed by atoms with E-state index in [1.165, 1.54) is 89.2 Å². The number of pyridine rings is 2. The number of hydrogen-bond donors (Lipinski definition) is 0. The normalized spacial score (nSPS) is 14.4. The summed E-state index contributed by atoms with van der Waals surface area (Å²) in [6, 6.07) is 113. The molecule has 138 heavy (non-hydrogen) atoms. The monoisotopic (exact) mass is 2530 g/mol. The van der Waals surface area contributed by atoms with Crippen LogP contribution in [0.3, 0.4) is 0 Å². The quantitative estimate of drug-likeness (QED) is 0.0755. The Bertz CT molecular complexity index is 6850. The van der Waals surface area contributed by atoms with Crippen LogP contribution in [0.1, 0.15) is 0 Å². The van der Waals surface area contributed by atoms with E-state index in [4.69, 9.17) is 6.57 Å². The van der Waals surface area contributed by atoms with E-state index >= 15 is 0 Å². The van der Waals surface area contributed by atoms with Gasteiger partial charge in [-0.15, -0.1) is 98.0 Å². The first kappa shape index (κ1) is 94.9. The number of para-hydroxylation sites is 2. The second kappa shape index (κ2) is 41.4. The number of rotatable bonds is 14. The van der Waals surface area contributed by atoms with Crippen molar-refractivity contribution < 1.29 is 96.7 Å². The zero-order valence-electron chi connectivity index (χ0n) is 73.7. The number of aromatic nitrogens is 2. The van der Waals surface area contributed by atoms with Gasteiger partial charge in [0.25, 0.3) is 0 Å². The number of nitrogens with zero attached hydrogens (tertiary/aromatic N) is 23. The number of benzene rings is 14. The van der Waals surface area contributed by atoms with Crippen LogP contribution in [0.15, 0.2) is 342 Å². The van der Waals surface area contributed by atoms with E-state index in [0.29, 0.717) is 5.69 Å². The summed E-state index contributed by atoms with van der Waals surface area (Å²) in [5.74, 6) is -1.38. The third kappa shape index (κ3) is 19.0. The summed E-state index contributed by atoms with van der Waals surface area (Å²) in [7, 11) is 8.16. The van der Waals surface area contributed by atoms with E-state index in [0.717, 1.165) is 103 Å². The maximum Gasteiger partial charge on any atom is 0.124 e. The molecule has 0 amide bonds. The average molecular weight is 2520 g/mol. The molecule has 0 atom stereocenters. The summed E-state index contributed by atoms with van der Waals surface area (Å²) in [4.78, 5) is 35.3. The number of hydrogen-bond acceptors (Lipinski definition) is 22. The fourth-order valence-corrected chi connectivity index (χ4v) is 16.7. The van der Waals surface area contributed by atoms with Gasteiger partial charge in [0.1, 0.15) is 11.6 Å². The average Bonchev–Trinajstić information content (AvgIpc) is 1.29. The molecule has 0 N–H and O–H groups in total. The Morgan fingerprint density at radius 3 is 0.913 bits per heavy atom. The Morgan fingerprint density at radius 2 is 0.565 bits per heavy atom. The molecule has 31 heteroatoms. The predicted molar refractivity (Wildman–Crippen MR) is 531 cm³/mol. The van der Waals surface area contributed by atoms with Crippen LogP contribution in [-0.2, 0) is 79.2 Å². The molecule has 8 aliphatic rings. The van der Waals surface area contributed by atoms with Crippen molar-refractivity contribution in [3.05, 3.63) is 434 Å². The Morgan fingerprint density at radius 1 is 0.275 bits per heavy atom. The summed E-state index contributed by atoms with van der Waals surface area (Å²) >= 11 is 0. The van der Waals surface area contributed by atoms with Gasteiger partial charge >= 0.3 is 0 Å². The van der Waals surface area contributed by atoms with Crippen LogP contribution in [-0.4, -0.2) is 63.5 Å². The SMILES string of the molecule is CN1[CH-]N(c2[c-]c(N3[CH-]N(C)c4cccc5cccc3c45)ccc2)c2cccc3cccc1c23.Fc1cc(F)c(N2C=NN(c3ccc(-c4ccccc4)cc3)[CH-]2)[c-]c1N1C=NN(c2ccc(-c3ccccc3)cc2)[CH-]1.Fc1cc(F)c(N2C=NN(c3ccccc3)[CH-]2)[c-]c1N1C=NN(c2ccccc2)[CH-]1.[C-]#[N+]c1cc(N2[CH-]N(C)c3cccnc32)[c-]c(N2[CH-]N(C)c3cccnc32)c1.[Os].[Os].[Os].[Os]. The Balaban J connectivity index is 0.000000128. The second-order valence-corrected chi connectivity index (χ2v) is 31.7. The first-order valence-corrected chi connectivity index (χ1v) is 42.7. The Labute approximate surface area is 850 Å². The van der Waals surface area contributed by atoms with Crippen molar-refractivity contribution in [2.75, 3.05) is 107 Å². The van der Waals surface area contributed by atoms with Crippen molar-refractivity contribution in [3.63, 3.8) is 0 Å². The Kier molecular flexibility index (Phi) is 28.4. The van der Waals surface area contributed by atoms with Crippen LogP contribution in [0.25, 0.3) is 48.6 Å². The zero-order valence-corrected chi connectivity index (χ0v) is 83.9. The molecule has 0 bridgehead atoms. The standard InChI is InChI=1S/C34H23F2N6.C30H23N4.C22H15F2N6.C21H16N7.4Os/c35-31-19-32(36)34(40-22-38-42(24-40)30-17-13-28(14-18-30)26-9-5-2-6-10-26)20-33(31)39-21-37-41(23-39)29-15-11-27(12-16-29)25-7-3-1-4-8-25;1-31-19-33(27-16-5-10-21-8-3-14-25(31)29(21)27)23-12-7-13-24(18-23)34-20-32(2)26-15-4-9-22-11-6-17-28(34)30(22)26;23-19-11-20(24)22(28-14-26-30(16-28)18-9-5-2-6-10-18)12-21(19)27-13-25-29(15-27)17-7-3-1-4-8-17;1-22-15-10-16(27-13-25(2)18-6-4-8-23-20(18)27)12-17(11-15)28-14-26(3)19-7-5-9-24-21(19)28;;;;/h1-19,21-24H;3-17,19-20H,1-2H3;1-11,13-16H;4-11,13-14H,2-3H3;;;;/q4*-3;;;;. The summed E-state index contributed by atoms with van der Waals surface area (Å²) < 4.78 is 59.1. The molecule has 10 heterocycles. The first-order chi connectivity index (χ1) is 65.6. The summed E-state index contributed by atoms with van der Waals surface area (Å²) in [6.45, 7) is 22.2. The van der Waals surface area contributed by atoms with Crippen molar-refractivity contribution in [2.45, 2.75) is 0 Å². The van der Waals surface area contributed by atoms with Gasteiger partial charge in [-0.3, -0.25) is 22.4 Å².